The van der Waals surface area contributed by atoms with Crippen LogP contribution in [0.25, 0.3) is 0 Å². The van der Waals surface area contributed by atoms with Crippen molar-refractivity contribution >= 4 is 23.2 Å². The highest BCUT2D eigenvalue weighted by molar-refractivity contribution is 6.32. The summed E-state index contributed by atoms with van der Waals surface area (Å²) in [4.78, 5) is 0. The molecule has 0 saturated carbocycles. The van der Waals surface area contributed by atoms with Gasteiger partial charge in [0.25, 0.3) is 0 Å². The second-order valence-electron chi connectivity index (χ2n) is 5.84. The van der Waals surface area contributed by atoms with Crippen molar-refractivity contribution in [2.45, 2.75) is 19.3 Å². The monoisotopic (exact) mass is 363 g/mol. The highest BCUT2D eigenvalue weighted by Gasteiger charge is 2.26. The summed E-state index contributed by atoms with van der Waals surface area (Å²) in [6.45, 7) is 4.47. The first-order chi connectivity index (χ1) is 11.4. The Morgan fingerprint density at radius 3 is 2.33 bits per heavy atom. The van der Waals surface area contributed by atoms with Crippen LogP contribution in [0, 0.1) is 11.3 Å². The Balaban J connectivity index is 2.46. The van der Waals surface area contributed by atoms with Gasteiger partial charge in [0.1, 0.15) is 18.4 Å². The molecule has 24 heavy (non-hydrogen) atoms. The molecule has 0 saturated heterocycles. The third-order valence-electron chi connectivity index (χ3n) is 4.02. The summed E-state index contributed by atoms with van der Waals surface area (Å²) in [6, 6.07) is 13.7. The maximum absolute atomic E-state index is 9.43. The number of halogens is 2. The number of methoxy groups -OCH3 is 1. The maximum atomic E-state index is 9.43. The van der Waals surface area contributed by atoms with Crippen LogP contribution in [-0.4, -0.2) is 19.6 Å². The fourth-order valence-electron chi connectivity index (χ4n) is 2.50. The summed E-state index contributed by atoms with van der Waals surface area (Å²) in [5.74, 6) is 1.52. The fraction of sp³-hybridized carbons (Fsp3) is 0.316. The van der Waals surface area contributed by atoms with Crippen molar-refractivity contribution in [2.75, 3.05) is 19.6 Å². The van der Waals surface area contributed by atoms with Gasteiger partial charge in [-0.15, -0.1) is 11.6 Å². The predicted molar refractivity (Wildman–Crippen MR) is 97.5 cm³/mol. The number of alkyl halides is 1. The molecule has 0 aliphatic rings. The SMILES string of the molecule is COc1ccc(C(C)(C)c2cc(Cl)c(OCCCl)c(C#N)c2)cc1. The van der Waals surface area contributed by atoms with Crippen LogP contribution in [0.5, 0.6) is 11.5 Å². The van der Waals surface area contributed by atoms with Crippen LogP contribution in [0.2, 0.25) is 5.02 Å². The van der Waals surface area contributed by atoms with E-state index in [9.17, 15) is 5.26 Å². The number of hydrogen-bond donors (Lipinski definition) is 0. The van der Waals surface area contributed by atoms with E-state index in [2.05, 4.69) is 19.9 Å². The molecule has 0 unspecified atom stereocenters. The van der Waals surface area contributed by atoms with Gasteiger partial charge in [-0.05, 0) is 35.4 Å². The van der Waals surface area contributed by atoms with Gasteiger partial charge < -0.3 is 9.47 Å². The lowest BCUT2D eigenvalue weighted by Crippen LogP contribution is -2.19. The summed E-state index contributed by atoms with van der Waals surface area (Å²) in [6.07, 6.45) is 0. The summed E-state index contributed by atoms with van der Waals surface area (Å²) in [7, 11) is 1.64. The second-order valence-corrected chi connectivity index (χ2v) is 6.62. The molecule has 0 amide bonds. The van der Waals surface area contributed by atoms with E-state index < -0.39 is 0 Å². The van der Waals surface area contributed by atoms with Crippen molar-refractivity contribution < 1.29 is 9.47 Å². The minimum Gasteiger partial charge on any atom is -0.497 e. The zero-order valence-corrected chi connectivity index (χ0v) is 15.4. The molecule has 5 heteroatoms. The third-order valence-corrected chi connectivity index (χ3v) is 4.46. The summed E-state index contributed by atoms with van der Waals surface area (Å²) >= 11 is 12.0. The molecule has 2 rings (SSSR count). The molecule has 0 radical (unpaired) electrons. The summed E-state index contributed by atoms with van der Waals surface area (Å²) in [5.41, 5.74) is 2.11. The summed E-state index contributed by atoms with van der Waals surface area (Å²) < 4.78 is 10.7. The Morgan fingerprint density at radius 1 is 1.12 bits per heavy atom. The number of nitrogens with zero attached hydrogens (tertiary/aromatic N) is 1. The molecule has 0 heterocycles. The highest BCUT2D eigenvalue weighted by atomic mass is 35.5. The molecular formula is C19H19Cl2NO2. The van der Waals surface area contributed by atoms with E-state index in [0.29, 0.717) is 28.8 Å². The Bertz CT molecular complexity index is 749. The predicted octanol–water partition coefficient (Wildman–Crippen LogP) is 5.16. The van der Waals surface area contributed by atoms with Gasteiger partial charge in [0.2, 0.25) is 0 Å². The zero-order valence-electron chi connectivity index (χ0n) is 13.9. The van der Waals surface area contributed by atoms with Crippen LogP contribution in [0.1, 0.15) is 30.5 Å². The molecule has 0 aromatic heterocycles. The average molecular weight is 364 g/mol. The maximum Gasteiger partial charge on any atom is 0.155 e. The van der Waals surface area contributed by atoms with Crippen LogP contribution < -0.4 is 9.47 Å². The first-order valence-corrected chi connectivity index (χ1v) is 8.42. The molecule has 0 bridgehead atoms. The molecule has 3 nitrogen and oxygen atoms in total. The van der Waals surface area contributed by atoms with E-state index >= 15 is 0 Å². The number of rotatable bonds is 6. The molecule has 0 aliphatic carbocycles. The van der Waals surface area contributed by atoms with Gasteiger partial charge in [0.05, 0.1) is 23.6 Å². The standard InChI is InChI=1S/C19H19Cl2NO2/c1-19(2,14-4-6-16(23-3)7-5-14)15-10-13(12-22)18(17(21)11-15)24-9-8-20/h4-7,10-11H,8-9H2,1-3H3. The first-order valence-electron chi connectivity index (χ1n) is 7.51. The van der Waals surface area contributed by atoms with Crippen LogP contribution in [0.3, 0.4) is 0 Å². The molecule has 0 N–H and O–H groups in total. The van der Waals surface area contributed by atoms with E-state index in [1.807, 2.05) is 36.4 Å². The smallest absolute Gasteiger partial charge is 0.155 e. The lowest BCUT2D eigenvalue weighted by Gasteiger charge is -2.27. The number of hydrogen-bond acceptors (Lipinski definition) is 3. The van der Waals surface area contributed by atoms with Crippen molar-refractivity contribution in [1.82, 2.24) is 0 Å². The topological polar surface area (TPSA) is 42.2 Å². The van der Waals surface area contributed by atoms with Gasteiger partial charge in [-0.3, -0.25) is 0 Å². The van der Waals surface area contributed by atoms with Gasteiger partial charge in [0.15, 0.2) is 5.75 Å². The molecule has 0 fully saturated rings. The number of benzene rings is 2. The lowest BCUT2D eigenvalue weighted by molar-refractivity contribution is 0.341. The van der Waals surface area contributed by atoms with E-state index in [1.165, 1.54) is 0 Å². The Hall–Kier alpha value is -1.89. The van der Waals surface area contributed by atoms with E-state index in [-0.39, 0.29) is 5.41 Å². The number of ether oxygens (including phenoxy) is 2. The van der Waals surface area contributed by atoms with Crippen LogP contribution >= 0.6 is 23.2 Å². The van der Waals surface area contributed by atoms with Crippen molar-refractivity contribution in [3.05, 3.63) is 58.1 Å². The molecule has 0 spiro atoms. The van der Waals surface area contributed by atoms with E-state index in [1.54, 1.807) is 7.11 Å². The average Bonchev–Trinajstić information content (AvgIpc) is 2.60. The van der Waals surface area contributed by atoms with Gasteiger partial charge in [-0.25, -0.2) is 0 Å². The Kier molecular flexibility index (Phi) is 5.99. The molecule has 0 aliphatic heterocycles. The quantitative estimate of drug-likeness (QED) is 0.665. The molecule has 0 atom stereocenters. The minimum absolute atomic E-state index is 0.303. The van der Waals surface area contributed by atoms with Crippen LogP contribution in [-0.2, 0) is 5.41 Å². The van der Waals surface area contributed by atoms with Gasteiger partial charge in [0, 0.05) is 5.41 Å². The van der Waals surface area contributed by atoms with Crippen molar-refractivity contribution in [2.24, 2.45) is 0 Å². The highest BCUT2D eigenvalue weighted by Crippen LogP contribution is 2.38. The Morgan fingerprint density at radius 2 is 1.79 bits per heavy atom. The van der Waals surface area contributed by atoms with Crippen molar-refractivity contribution in [3.8, 4) is 17.6 Å². The third kappa shape index (κ3) is 3.77. The molecular weight excluding hydrogens is 345 g/mol. The van der Waals surface area contributed by atoms with Gasteiger partial charge in [-0.1, -0.05) is 37.6 Å². The lowest BCUT2D eigenvalue weighted by atomic mass is 9.77. The fourth-order valence-corrected chi connectivity index (χ4v) is 2.85. The number of nitriles is 1. The largest absolute Gasteiger partial charge is 0.497 e. The van der Waals surface area contributed by atoms with Gasteiger partial charge in [-0.2, -0.15) is 5.26 Å². The summed E-state index contributed by atoms with van der Waals surface area (Å²) in [5, 5.41) is 9.85. The van der Waals surface area contributed by atoms with E-state index in [0.717, 1.165) is 16.9 Å². The Labute approximate surface area is 152 Å². The van der Waals surface area contributed by atoms with Crippen molar-refractivity contribution in [1.29, 1.82) is 5.26 Å². The minimum atomic E-state index is -0.327. The first kappa shape index (κ1) is 18.4. The van der Waals surface area contributed by atoms with Gasteiger partial charge >= 0.3 is 0 Å². The molecule has 2 aromatic carbocycles. The van der Waals surface area contributed by atoms with E-state index in [4.69, 9.17) is 32.7 Å². The molecule has 2 aromatic rings. The zero-order chi connectivity index (χ0) is 17.7. The normalized spacial score (nSPS) is 11.0. The van der Waals surface area contributed by atoms with Crippen LogP contribution in [0.4, 0.5) is 0 Å². The molecule has 126 valence electrons. The van der Waals surface area contributed by atoms with Crippen molar-refractivity contribution in [3.63, 3.8) is 0 Å². The second kappa shape index (κ2) is 7.79. The van der Waals surface area contributed by atoms with Crippen LogP contribution in [0.15, 0.2) is 36.4 Å².